The number of rotatable bonds is 5. The van der Waals surface area contributed by atoms with Crippen molar-refractivity contribution in [1.29, 1.82) is 0 Å². The van der Waals surface area contributed by atoms with Gasteiger partial charge in [0.1, 0.15) is 0 Å². The Morgan fingerprint density at radius 1 is 1.08 bits per heavy atom. The van der Waals surface area contributed by atoms with E-state index in [1.54, 1.807) is 12.1 Å². The Labute approximate surface area is 136 Å². The number of aliphatic hydroxyl groups excluding tert-OH is 1. The summed E-state index contributed by atoms with van der Waals surface area (Å²) in [5, 5.41) is 13.1. The molecule has 0 unspecified atom stereocenters. The summed E-state index contributed by atoms with van der Waals surface area (Å²) in [5.74, 6) is 1.26. The monoisotopic (exact) mass is 339 g/mol. The van der Waals surface area contributed by atoms with Gasteiger partial charge in [-0.25, -0.2) is 0 Å². The zero-order valence-corrected chi connectivity index (χ0v) is 12.6. The van der Waals surface area contributed by atoms with Gasteiger partial charge in [-0.1, -0.05) is 30.3 Å². The van der Waals surface area contributed by atoms with Crippen LogP contribution in [0.15, 0.2) is 42.5 Å². The number of alkyl halides is 3. The third-order valence-corrected chi connectivity index (χ3v) is 3.76. The van der Waals surface area contributed by atoms with Crippen LogP contribution in [0.2, 0.25) is 0 Å². The topological polar surface area (TPSA) is 50.7 Å². The molecule has 128 valence electrons. The molecule has 1 aliphatic rings. The van der Waals surface area contributed by atoms with Crippen molar-refractivity contribution >= 4 is 0 Å². The van der Waals surface area contributed by atoms with E-state index in [1.807, 2.05) is 6.07 Å². The average Bonchev–Trinajstić information content (AvgIpc) is 3.03. The van der Waals surface area contributed by atoms with Crippen molar-refractivity contribution in [1.82, 2.24) is 5.32 Å². The first-order valence-electron chi connectivity index (χ1n) is 7.39. The number of nitrogens with one attached hydrogen (secondary N) is 1. The van der Waals surface area contributed by atoms with Crippen molar-refractivity contribution in [3.05, 3.63) is 59.2 Å². The Kier molecular flexibility index (Phi) is 4.64. The van der Waals surface area contributed by atoms with Gasteiger partial charge in [-0.15, -0.1) is 0 Å². The Hall–Kier alpha value is -2.25. The molecule has 4 nitrogen and oxygen atoms in total. The highest BCUT2D eigenvalue weighted by Crippen LogP contribution is 2.36. The number of ether oxygens (including phenoxy) is 2. The van der Waals surface area contributed by atoms with E-state index in [0.717, 1.165) is 11.6 Å². The molecule has 24 heavy (non-hydrogen) atoms. The van der Waals surface area contributed by atoms with Gasteiger partial charge in [-0.3, -0.25) is 0 Å². The molecule has 0 amide bonds. The van der Waals surface area contributed by atoms with Crippen LogP contribution in [-0.2, 0) is 12.7 Å². The lowest BCUT2D eigenvalue weighted by molar-refractivity contribution is -0.139. The SMILES string of the molecule is O[C@@H](CNCc1cccc2c1OCO2)c1ccccc1C(F)(F)F. The lowest BCUT2D eigenvalue weighted by Gasteiger charge is -2.18. The molecular weight excluding hydrogens is 323 g/mol. The highest BCUT2D eigenvalue weighted by Gasteiger charge is 2.34. The summed E-state index contributed by atoms with van der Waals surface area (Å²) in [6.45, 7) is 0.476. The van der Waals surface area contributed by atoms with Gasteiger partial charge >= 0.3 is 6.18 Å². The van der Waals surface area contributed by atoms with E-state index in [4.69, 9.17) is 9.47 Å². The van der Waals surface area contributed by atoms with E-state index in [0.29, 0.717) is 18.0 Å². The summed E-state index contributed by atoms with van der Waals surface area (Å²) in [6.07, 6.45) is -5.76. The standard InChI is InChI=1S/C17H16F3NO3/c18-17(19,20)13-6-2-1-5-12(13)14(22)9-21-8-11-4-3-7-15-16(11)24-10-23-15/h1-7,14,21-22H,8-10H2/t14-/m0/s1. The smallest absolute Gasteiger partial charge is 0.416 e. The second-order valence-corrected chi connectivity index (χ2v) is 5.38. The fourth-order valence-electron chi connectivity index (χ4n) is 2.63. The normalized spacial score (nSPS) is 14.7. The molecule has 7 heteroatoms. The number of hydrogen-bond acceptors (Lipinski definition) is 4. The number of benzene rings is 2. The van der Waals surface area contributed by atoms with E-state index in [-0.39, 0.29) is 18.9 Å². The van der Waals surface area contributed by atoms with Gasteiger partial charge in [0.2, 0.25) is 6.79 Å². The molecule has 0 saturated carbocycles. The third kappa shape index (κ3) is 3.47. The molecular formula is C17H16F3NO3. The minimum atomic E-state index is -4.50. The number of aliphatic hydroxyl groups is 1. The molecule has 0 bridgehead atoms. The molecule has 1 atom stereocenters. The van der Waals surface area contributed by atoms with Gasteiger partial charge in [-0.05, 0) is 17.7 Å². The molecule has 0 spiro atoms. The van der Waals surface area contributed by atoms with Gasteiger partial charge < -0.3 is 19.9 Å². The summed E-state index contributed by atoms with van der Waals surface area (Å²) in [5.41, 5.74) is -0.145. The summed E-state index contributed by atoms with van der Waals surface area (Å²) >= 11 is 0. The second kappa shape index (κ2) is 6.70. The predicted molar refractivity (Wildman–Crippen MR) is 80.7 cm³/mol. The second-order valence-electron chi connectivity index (χ2n) is 5.38. The van der Waals surface area contributed by atoms with Gasteiger partial charge in [0.15, 0.2) is 11.5 Å². The van der Waals surface area contributed by atoms with Crippen LogP contribution in [0.1, 0.15) is 22.8 Å². The van der Waals surface area contributed by atoms with Crippen LogP contribution in [0.3, 0.4) is 0 Å². The first kappa shape index (κ1) is 16.6. The lowest BCUT2D eigenvalue weighted by atomic mass is 10.0. The molecule has 0 fully saturated rings. The van der Waals surface area contributed by atoms with Crippen molar-refractivity contribution in [3.8, 4) is 11.5 Å². The number of halogens is 3. The molecule has 2 N–H and O–H groups in total. The lowest BCUT2D eigenvalue weighted by Crippen LogP contribution is -2.23. The van der Waals surface area contributed by atoms with Crippen LogP contribution < -0.4 is 14.8 Å². The van der Waals surface area contributed by atoms with Crippen molar-refractivity contribution in [3.63, 3.8) is 0 Å². The molecule has 2 aromatic rings. The van der Waals surface area contributed by atoms with Crippen molar-refractivity contribution < 1.29 is 27.8 Å². The minimum Gasteiger partial charge on any atom is -0.454 e. The van der Waals surface area contributed by atoms with Crippen molar-refractivity contribution in [2.75, 3.05) is 13.3 Å². The molecule has 1 aliphatic heterocycles. The fraction of sp³-hybridized carbons (Fsp3) is 0.294. The number of fused-ring (bicyclic) bond motifs is 1. The maximum Gasteiger partial charge on any atom is 0.416 e. The molecule has 0 radical (unpaired) electrons. The fourth-order valence-corrected chi connectivity index (χ4v) is 2.63. The van der Waals surface area contributed by atoms with Crippen LogP contribution in [-0.4, -0.2) is 18.4 Å². The Balaban J connectivity index is 1.65. The van der Waals surface area contributed by atoms with Gasteiger partial charge in [0.25, 0.3) is 0 Å². The average molecular weight is 339 g/mol. The summed E-state index contributed by atoms with van der Waals surface area (Å²) < 4.78 is 49.6. The minimum absolute atomic E-state index is 0.0163. The van der Waals surface area contributed by atoms with Crippen molar-refractivity contribution in [2.45, 2.75) is 18.8 Å². The van der Waals surface area contributed by atoms with E-state index < -0.39 is 17.8 Å². The number of para-hydroxylation sites is 1. The predicted octanol–water partition coefficient (Wildman–Crippen LogP) is 3.26. The summed E-state index contributed by atoms with van der Waals surface area (Å²) in [6, 6.07) is 10.4. The van der Waals surface area contributed by atoms with Crippen molar-refractivity contribution in [2.24, 2.45) is 0 Å². The van der Waals surface area contributed by atoms with Crippen LogP contribution in [0.25, 0.3) is 0 Å². The van der Waals surface area contributed by atoms with Crippen LogP contribution >= 0.6 is 0 Å². The van der Waals surface area contributed by atoms with E-state index in [1.165, 1.54) is 18.2 Å². The first-order valence-corrected chi connectivity index (χ1v) is 7.39. The summed E-state index contributed by atoms with van der Waals surface area (Å²) in [4.78, 5) is 0. The molecule has 0 saturated heterocycles. The van der Waals surface area contributed by atoms with Gasteiger partial charge in [0.05, 0.1) is 11.7 Å². The molecule has 0 aromatic heterocycles. The van der Waals surface area contributed by atoms with Gasteiger partial charge in [-0.2, -0.15) is 13.2 Å². The van der Waals surface area contributed by atoms with E-state index in [2.05, 4.69) is 5.32 Å². The largest absolute Gasteiger partial charge is 0.454 e. The van der Waals surface area contributed by atoms with Crippen LogP contribution in [0, 0.1) is 0 Å². The molecule has 0 aliphatic carbocycles. The third-order valence-electron chi connectivity index (χ3n) is 3.76. The van der Waals surface area contributed by atoms with E-state index in [9.17, 15) is 18.3 Å². The zero-order valence-electron chi connectivity index (χ0n) is 12.6. The first-order chi connectivity index (χ1) is 11.5. The van der Waals surface area contributed by atoms with Crippen LogP contribution in [0.4, 0.5) is 13.2 Å². The quantitative estimate of drug-likeness (QED) is 0.878. The molecule has 2 aromatic carbocycles. The molecule has 3 rings (SSSR count). The zero-order chi connectivity index (χ0) is 17.2. The van der Waals surface area contributed by atoms with E-state index >= 15 is 0 Å². The number of hydrogen-bond donors (Lipinski definition) is 2. The Morgan fingerprint density at radius 3 is 2.67 bits per heavy atom. The Morgan fingerprint density at radius 2 is 1.88 bits per heavy atom. The van der Waals surface area contributed by atoms with Gasteiger partial charge in [0, 0.05) is 18.7 Å². The van der Waals surface area contributed by atoms with Crippen LogP contribution in [0.5, 0.6) is 11.5 Å². The summed E-state index contributed by atoms with van der Waals surface area (Å²) in [7, 11) is 0. The maximum absolute atomic E-state index is 13.0. The Bertz CT molecular complexity index is 718. The maximum atomic E-state index is 13.0. The highest BCUT2D eigenvalue weighted by atomic mass is 19.4. The highest BCUT2D eigenvalue weighted by molar-refractivity contribution is 5.48. The molecule has 1 heterocycles.